The fraction of sp³-hybridized carbons (Fsp3) is 0.700. The lowest BCUT2D eigenvalue weighted by Gasteiger charge is -2.34. The Labute approximate surface area is 171 Å². The molecule has 2 aliphatic heterocycles. The van der Waals surface area contributed by atoms with E-state index in [1.165, 1.54) is 37.0 Å². The van der Waals surface area contributed by atoms with Gasteiger partial charge in [0.2, 0.25) is 5.91 Å². The van der Waals surface area contributed by atoms with Gasteiger partial charge >= 0.3 is 0 Å². The number of piperidine rings is 1. The number of hydrogen-bond acceptors (Lipinski definition) is 4. The van der Waals surface area contributed by atoms with E-state index < -0.39 is 0 Å². The van der Waals surface area contributed by atoms with E-state index in [-0.39, 0.29) is 36.3 Å². The summed E-state index contributed by atoms with van der Waals surface area (Å²) in [5, 5.41) is 6.73. The molecule has 3 fully saturated rings. The van der Waals surface area contributed by atoms with Gasteiger partial charge in [-0.15, -0.1) is 23.7 Å². The number of rotatable bonds is 3. The summed E-state index contributed by atoms with van der Waals surface area (Å²) < 4.78 is 0. The summed E-state index contributed by atoms with van der Waals surface area (Å²) in [6.45, 7) is 3.51. The quantitative estimate of drug-likeness (QED) is 0.803. The van der Waals surface area contributed by atoms with Crippen molar-refractivity contribution in [1.29, 1.82) is 0 Å². The van der Waals surface area contributed by atoms with E-state index in [1.807, 2.05) is 24.0 Å². The molecule has 1 aromatic rings. The Hall–Kier alpha value is -1.11. The van der Waals surface area contributed by atoms with Gasteiger partial charge in [0.05, 0.1) is 10.9 Å². The first-order chi connectivity index (χ1) is 12.6. The van der Waals surface area contributed by atoms with E-state index >= 15 is 0 Å². The molecule has 5 nitrogen and oxygen atoms in total. The van der Waals surface area contributed by atoms with Crippen LogP contribution in [0.5, 0.6) is 0 Å². The molecule has 150 valence electrons. The van der Waals surface area contributed by atoms with Crippen molar-refractivity contribution >= 4 is 35.6 Å². The number of amides is 2. The van der Waals surface area contributed by atoms with Crippen LogP contribution >= 0.6 is 23.7 Å². The topological polar surface area (TPSA) is 61.4 Å². The van der Waals surface area contributed by atoms with Crippen molar-refractivity contribution in [2.45, 2.75) is 70.0 Å². The van der Waals surface area contributed by atoms with E-state index in [0.29, 0.717) is 12.0 Å². The Kier molecular flexibility index (Phi) is 6.82. The maximum absolute atomic E-state index is 12.9. The molecule has 3 aliphatic rings. The molecular weight excluding hydrogens is 382 g/mol. The van der Waals surface area contributed by atoms with Gasteiger partial charge in [0.1, 0.15) is 0 Å². The van der Waals surface area contributed by atoms with Crippen molar-refractivity contribution in [3.8, 4) is 0 Å². The monoisotopic (exact) mass is 411 g/mol. The van der Waals surface area contributed by atoms with Crippen molar-refractivity contribution in [3.05, 3.63) is 21.9 Å². The fourth-order valence-corrected chi connectivity index (χ4v) is 5.56. The molecule has 4 rings (SSSR count). The second kappa shape index (κ2) is 8.93. The van der Waals surface area contributed by atoms with Gasteiger partial charge in [-0.3, -0.25) is 9.59 Å². The number of fused-ring (bicyclic) bond motifs is 1. The lowest BCUT2D eigenvalue weighted by Crippen LogP contribution is -2.51. The van der Waals surface area contributed by atoms with Gasteiger partial charge in [0.25, 0.3) is 5.91 Å². The highest BCUT2D eigenvalue weighted by atomic mass is 35.5. The van der Waals surface area contributed by atoms with Crippen molar-refractivity contribution in [2.75, 3.05) is 13.1 Å². The second-order valence-corrected chi connectivity index (χ2v) is 9.38. The summed E-state index contributed by atoms with van der Waals surface area (Å²) in [4.78, 5) is 29.1. The molecule has 2 amide bonds. The van der Waals surface area contributed by atoms with Crippen LogP contribution in [0.1, 0.15) is 59.5 Å². The molecule has 3 atom stereocenters. The highest BCUT2D eigenvalue weighted by Gasteiger charge is 2.40. The van der Waals surface area contributed by atoms with Crippen LogP contribution in [0.2, 0.25) is 0 Å². The predicted molar refractivity (Wildman–Crippen MR) is 111 cm³/mol. The number of aryl methyl sites for hydroxylation is 1. The van der Waals surface area contributed by atoms with E-state index in [1.54, 1.807) is 0 Å². The largest absolute Gasteiger partial charge is 0.348 e. The van der Waals surface area contributed by atoms with E-state index in [2.05, 4.69) is 10.6 Å². The van der Waals surface area contributed by atoms with Crippen molar-refractivity contribution in [2.24, 2.45) is 5.92 Å². The van der Waals surface area contributed by atoms with Crippen molar-refractivity contribution < 1.29 is 9.59 Å². The number of likely N-dealkylation sites (tertiary alicyclic amines) is 1. The summed E-state index contributed by atoms with van der Waals surface area (Å²) in [6.07, 6.45) is 7.83. The molecule has 1 aliphatic carbocycles. The number of nitrogens with zero attached hydrogens (tertiary/aromatic N) is 1. The number of thiophene rings is 1. The van der Waals surface area contributed by atoms with Gasteiger partial charge in [0.15, 0.2) is 0 Å². The van der Waals surface area contributed by atoms with Crippen LogP contribution in [0.15, 0.2) is 12.1 Å². The van der Waals surface area contributed by atoms with Crippen LogP contribution in [0, 0.1) is 12.8 Å². The Bertz CT molecular complexity index is 658. The number of halogens is 1. The molecule has 7 heteroatoms. The molecule has 0 spiro atoms. The molecular formula is C20H30ClN3O2S. The van der Waals surface area contributed by atoms with E-state index in [0.717, 1.165) is 42.1 Å². The lowest BCUT2D eigenvalue weighted by atomic mass is 9.85. The minimum atomic E-state index is 0. The summed E-state index contributed by atoms with van der Waals surface area (Å²) in [5.74, 6) is 0.997. The van der Waals surface area contributed by atoms with Crippen LogP contribution in [0.4, 0.5) is 0 Å². The van der Waals surface area contributed by atoms with Gasteiger partial charge < -0.3 is 15.5 Å². The summed E-state index contributed by atoms with van der Waals surface area (Å²) in [7, 11) is 0. The highest BCUT2D eigenvalue weighted by Crippen LogP contribution is 2.34. The number of carbonyl (C=O) groups excluding carboxylic acids is 2. The smallest absolute Gasteiger partial charge is 0.261 e. The first kappa shape index (κ1) is 20.6. The summed E-state index contributed by atoms with van der Waals surface area (Å²) in [5.41, 5.74) is 0. The molecule has 1 aromatic heterocycles. The maximum Gasteiger partial charge on any atom is 0.261 e. The Morgan fingerprint density at radius 2 is 1.89 bits per heavy atom. The molecule has 0 aromatic carbocycles. The van der Waals surface area contributed by atoms with Gasteiger partial charge in [-0.25, -0.2) is 0 Å². The number of nitrogens with one attached hydrogen (secondary N) is 2. The average Bonchev–Trinajstić information content (AvgIpc) is 3.28. The molecule has 2 N–H and O–H groups in total. The predicted octanol–water partition coefficient (Wildman–Crippen LogP) is 3.12. The molecule has 1 saturated carbocycles. The van der Waals surface area contributed by atoms with Crippen molar-refractivity contribution in [3.63, 3.8) is 0 Å². The van der Waals surface area contributed by atoms with Gasteiger partial charge in [-0.05, 0) is 57.1 Å². The third-order valence-electron chi connectivity index (χ3n) is 6.27. The molecule has 3 unspecified atom stereocenters. The van der Waals surface area contributed by atoms with Crippen LogP contribution in [-0.2, 0) is 4.79 Å². The van der Waals surface area contributed by atoms with Crippen LogP contribution < -0.4 is 10.6 Å². The minimum Gasteiger partial charge on any atom is -0.348 e. The maximum atomic E-state index is 12.9. The minimum absolute atomic E-state index is 0. The first-order valence-corrected chi connectivity index (χ1v) is 10.8. The normalized spacial score (nSPS) is 28.3. The number of carbonyl (C=O) groups is 2. The zero-order chi connectivity index (χ0) is 18.1. The molecule has 0 bridgehead atoms. The van der Waals surface area contributed by atoms with E-state index in [4.69, 9.17) is 0 Å². The Morgan fingerprint density at radius 1 is 1.15 bits per heavy atom. The zero-order valence-electron chi connectivity index (χ0n) is 15.9. The first-order valence-electron chi connectivity index (χ1n) is 10.0. The third kappa shape index (κ3) is 4.66. The van der Waals surface area contributed by atoms with Gasteiger partial charge in [-0.1, -0.05) is 12.8 Å². The molecule has 0 radical (unpaired) electrons. The van der Waals surface area contributed by atoms with E-state index in [9.17, 15) is 9.59 Å². The van der Waals surface area contributed by atoms with Crippen LogP contribution in [0.25, 0.3) is 0 Å². The SMILES string of the molecule is Cc1ccc(C(=O)NC2CCN(C(=O)C3CC4CCCCC4N3)CC2)s1.Cl. The third-order valence-corrected chi connectivity index (χ3v) is 7.27. The van der Waals surface area contributed by atoms with Gasteiger partial charge in [-0.2, -0.15) is 0 Å². The molecule has 2 saturated heterocycles. The Balaban J connectivity index is 0.00000210. The average molecular weight is 412 g/mol. The summed E-state index contributed by atoms with van der Waals surface area (Å²) >= 11 is 1.53. The summed E-state index contributed by atoms with van der Waals surface area (Å²) in [6, 6.07) is 4.62. The lowest BCUT2D eigenvalue weighted by molar-refractivity contribution is -0.134. The van der Waals surface area contributed by atoms with Crippen molar-refractivity contribution in [1.82, 2.24) is 15.5 Å². The standard InChI is InChI=1S/C20H29N3O2S.ClH/c1-13-6-7-18(26-13)19(24)21-15-8-10-23(11-9-15)20(25)17-12-14-4-2-3-5-16(14)22-17;/h6-7,14-17,22H,2-5,8-12H2,1H3,(H,21,24);1H. The van der Waals surface area contributed by atoms with Gasteiger partial charge in [0, 0.05) is 30.1 Å². The Morgan fingerprint density at radius 3 is 2.56 bits per heavy atom. The molecule has 3 heterocycles. The molecule has 27 heavy (non-hydrogen) atoms. The van der Waals surface area contributed by atoms with Crippen LogP contribution in [0.3, 0.4) is 0 Å². The number of hydrogen-bond donors (Lipinski definition) is 2. The fourth-order valence-electron chi connectivity index (χ4n) is 4.79. The zero-order valence-corrected chi connectivity index (χ0v) is 17.5. The second-order valence-electron chi connectivity index (χ2n) is 8.09. The highest BCUT2D eigenvalue weighted by molar-refractivity contribution is 7.13. The van der Waals surface area contributed by atoms with Crippen LogP contribution in [-0.4, -0.2) is 47.9 Å².